The number of hydrogen-bond donors (Lipinski definition) is 1. The number of ether oxygens (including phenoxy) is 1. The van der Waals surface area contributed by atoms with Crippen molar-refractivity contribution in [3.05, 3.63) is 52.2 Å². The standard InChI is InChI=1S/C21H23N5OS/c1-13-14(2)28-20-18(13)19-23-17(11-15-7-4-3-5-8-15)25-26(19)21(24-20)22-12-16-9-6-10-27-16/h3-5,7-8,16H,6,9-12H2,1-2H3,(H,22,24)/t16-/m0/s1. The second-order valence-corrected chi connectivity index (χ2v) is 8.54. The molecular formula is C21H23N5OS. The number of aromatic nitrogens is 4. The molecule has 7 heteroatoms. The first kappa shape index (κ1) is 17.6. The lowest BCUT2D eigenvalue weighted by molar-refractivity contribution is 0.120. The van der Waals surface area contributed by atoms with Crippen molar-refractivity contribution in [1.82, 2.24) is 19.6 Å². The van der Waals surface area contributed by atoms with Gasteiger partial charge in [-0.15, -0.1) is 16.4 Å². The van der Waals surface area contributed by atoms with E-state index < -0.39 is 0 Å². The van der Waals surface area contributed by atoms with Gasteiger partial charge >= 0.3 is 0 Å². The molecule has 28 heavy (non-hydrogen) atoms. The predicted molar refractivity (Wildman–Crippen MR) is 112 cm³/mol. The summed E-state index contributed by atoms with van der Waals surface area (Å²) in [6.45, 7) is 5.87. The number of fused-ring (bicyclic) bond motifs is 3. The van der Waals surface area contributed by atoms with E-state index >= 15 is 0 Å². The number of anilines is 1. The average Bonchev–Trinajstić information content (AvgIpc) is 3.41. The highest BCUT2D eigenvalue weighted by Crippen LogP contribution is 2.33. The Morgan fingerprint density at radius 2 is 2.07 bits per heavy atom. The van der Waals surface area contributed by atoms with Gasteiger partial charge in [-0.3, -0.25) is 0 Å². The number of rotatable bonds is 5. The average molecular weight is 394 g/mol. The van der Waals surface area contributed by atoms with Crippen LogP contribution in [0.25, 0.3) is 15.9 Å². The van der Waals surface area contributed by atoms with Crippen LogP contribution in [-0.2, 0) is 11.2 Å². The van der Waals surface area contributed by atoms with E-state index in [1.807, 2.05) is 22.7 Å². The summed E-state index contributed by atoms with van der Waals surface area (Å²) in [6, 6.07) is 10.3. The highest BCUT2D eigenvalue weighted by atomic mass is 32.1. The van der Waals surface area contributed by atoms with Gasteiger partial charge < -0.3 is 10.1 Å². The van der Waals surface area contributed by atoms with E-state index in [0.717, 1.165) is 53.6 Å². The summed E-state index contributed by atoms with van der Waals surface area (Å²) < 4.78 is 7.62. The molecule has 144 valence electrons. The molecule has 0 aliphatic carbocycles. The Kier molecular flexibility index (Phi) is 4.49. The van der Waals surface area contributed by atoms with E-state index in [4.69, 9.17) is 19.8 Å². The number of thiophene rings is 1. The zero-order chi connectivity index (χ0) is 19.1. The minimum Gasteiger partial charge on any atom is -0.376 e. The molecule has 1 aromatic carbocycles. The largest absolute Gasteiger partial charge is 0.376 e. The first-order valence-corrected chi connectivity index (χ1v) is 10.6. The third kappa shape index (κ3) is 3.14. The number of nitrogens with one attached hydrogen (secondary N) is 1. The van der Waals surface area contributed by atoms with Crippen molar-refractivity contribution in [3.8, 4) is 0 Å². The van der Waals surface area contributed by atoms with Crippen molar-refractivity contribution in [2.45, 2.75) is 39.2 Å². The fourth-order valence-corrected chi connectivity index (χ4v) is 4.76. The number of benzene rings is 1. The molecule has 0 radical (unpaired) electrons. The molecule has 0 spiro atoms. The van der Waals surface area contributed by atoms with Crippen molar-refractivity contribution in [3.63, 3.8) is 0 Å². The van der Waals surface area contributed by atoms with Crippen LogP contribution in [0.1, 0.15) is 34.7 Å². The van der Waals surface area contributed by atoms with E-state index in [-0.39, 0.29) is 6.10 Å². The Hall–Kier alpha value is -2.51. The topological polar surface area (TPSA) is 64.3 Å². The molecule has 4 heterocycles. The molecule has 3 aromatic heterocycles. The van der Waals surface area contributed by atoms with Gasteiger partial charge in [0.1, 0.15) is 4.83 Å². The second-order valence-electron chi connectivity index (χ2n) is 7.34. The Balaban J connectivity index is 1.58. The zero-order valence-electron chi connectivity index (χ0n) is 16.1. The minimum absolute atomic E-state index is 0.242. The van der Waals surface area contributed by atoms with Crippen LogP contribution in [0.3, 0.4) is 0 Å². The van der Waals surface area contributed by atoms with Crippen molar-refractivity contribution in [1.29, 1.82) is 0 Å². The van der Waals surface area contributed by atoms with Gasteiger partial charge in [-0.25, -0.2) is 9.97 Å². The van der Waals surface area contributed by atoms with E-state index in [9.17, 15) is 0 Å². The van der Waals surface area contributed by atoms with E-state index in [0.29, 0.717) is 6.42 Å². The maximum absolute atomic E-state index is 5.75. The monoisotopic (exact) mass is 393 g/mol. The lowest BCUT2D eigenvalue weighted by Crippen LogP contribution is -2.20. The van der Waals surface area contributed by atoms with Gasteiger partial charge in [0.15, 0.2) is 11.5 Å². The third-order valence-corrected chi connectivity index (χ3v) is 6.47. The molecule has 1 atom stereocenters. The van der Waals surface area contributed by atoms with Crippen molar-refractivity contribution >= 4 is 33.1 Å². The molecule has 0 amide bonds. The molecule has 1 saturated heterocycles. The van der Waals surface area contributed by atoms with Gasteiger partial charge in [-0.05, 0) is 37.8 Å². The highest BCUT2D eigenvalue weighted by molar-refractivity contribution is 7.18. The van der Waals surface area contributed by atoms with Crippen molar-refractivity contribution in [2.24, 2.45) is 0 Å². The summed E-state index contributed by atoms with van der Waals surface area (Å²) in [5, 5.41) is 9.37. The quantitative estimate of drug-likeness (QED) is 0.552. The lowest BCUT2D eigenvalue weighted by Gasteiger charge is -2.12. The summed E-state index contributed by atoms with van der Waals surface area (Å²) in [7, 11) is 0. The molecule has 1 N–H and O–H groups in total. The van der Waals surface area contributed by atoms with Gasteiger partial charge in [0, 0.05) is 24.4 Å². The van der Waals surface area contributed by atoms with Gasteiger partial charge in [0.05, 0.1) is 11.5 Å². The molecule has 1 aliphatic rings. The van der Waals surface area contributed by atoms with Crippen molar-refractivity contribution < 1.29 is 4.74 Å². The van der Waals surface area contributed by atoms with Gasteiger partial charge in [0.2, 0.25) is 5.95 Å². The molecule has 1 fully saturated rings. The van der Waals surface area contributed by atoms with Crippen LogP contribution in [0.2, 0.25) is 0 Å². The molecule has 5 rings (SSSR count). The maximum Gasteiger partial charge on any atom is 0.227 e. The number of nitrogens with zero attached hydrogens (tertiary/aromatic N) is 4. The fraction of sp³-hybridized carbons (Fsp3) is 0.381. The zero-order valence-corrected chi connectivity index (χ0v) is 16.9. The molecule has 0 saturated carbocycles. The summed E-state index contributed by atoms with van der Waals surface area (Å²) in [6.07, 6.45) is 3.16. The van der Waals surface area contributed by atoms with Crippen LogP contribution in [0.4, 0.5) is 5.95 Å². The van der Waals surface area contributed by atoms with E-state index in [1.54, 1.807) is 11.3 Å². The highest BCUT2D eigenvalue weighted by Gasteiger charge is 2.20. The molecule has 6 nitrogen and oxygen atoms in total. The molecule has 0 bridgehead atoms. The van der Waals surface area contributed by atoms with Crippen LogP contribution < -0.4 is 5.32 Å². The van der Waals surface area contributed by atoms with Crippen LogP contribution in [-0.4, -0.2) is 38.8 Å². The Bertz CT molecular complexity index is 1130. The summed E-state index contributed by atoms with van der Waals surface area (Å²) in [5.41, 5.74) is 3.32. The summed E-state index contributed by atoms with van der Waals surface area (Å²) >= 11 is 1.72. The Morgan fingerprint density at radius 3 is 2.86 bits per heavy atom. The van der Waals surface area contributed by atoms with Gasteiger partial charge in [-0.1, -0.05) is 30.3 Å². The number of hydrogen-bond acceptors (Lipinski definition) is 6. The van der Waals surface area contributed by atoms with Crippen LogP contribution in [0.5, 0.6) is 0 Å². The van der Waals surface area contributed by atoms with Crippen LogP contribution in [0.15, 0.2) is 30.3 Å². The van der Waals surface area contributed by atoms with Gasteiger partial charge in [0.25, 0.3) is 0 Å². The third-order valence-electron chi connectivity index (χ3n) is 5.37. The SMILES string of the molecule is Cc1sc2nc(NC[C@@H]3CCCO3)n3nc(Cc4ccccc4)nc3c2c1C. The second kappa shape index (κ2) is 7.14. The minimum atomic E-state index is 0.242. The molecule has 4 aromatic rings. The fourth-order valence-electron chi connectivity index (χ4n) is 3.74. The first-order valence-electron chi connectivity index (χ1n) is 9.74. The molecule has 1 aliphatic heterocycles. The smallest absolute Gasteiger partial charge is 0.227 e. The molecular weight excluding hydrogens is 370 g/mol. The Morgan fingerprint density at radius 1 is 1.21 bits per heavy atom. The maximum atomic E-state index is 5.75. The van der Waals surface area contributed by atoms with Crippen LogP contribution >= 0.6 is 11.3 Å². The van der Waals surface area contributed by atoms with Crippen LogP contribution in [0, 0.1) is 13.8 Å². The van der Waals surface area contributed by atoms with E-state index in [1.165, 1.54) is 16.0 Å². The van der Waals surface area contributed by atoms with E-state index in [2.05, 4.69) is 31.3 Å². The van der Waals surface area contributed by atoms with Gasteiger partial charge in [-0.2, -0.15) is 4.52 Å². The summed E-state index contributed by atoms with van der Waals surface area (Å²) in [4.78, 5) is 12.1. The van der Waals surface area contributed by atoms with Crippen molar-refractivity contribution in [2.75, 3.05) is 18.5 Å². The molecule has 0 unspecified atom stereocenters. The number of aryl methyl sites for hydroxylation is 2. The predicted octanol–water partition coefficient (Wildman–Crippen LogP) is 4.14. The Labute approximate surface area is 167 Å². The first-order chi connectivity index (χ1) is 13.7. The lowest BCUT2D eigenvalue weighted by atomic mass is 10.1. The summed E-state index contributed by atoms with van der Waals surface area (Å²) in [5.74, 6) is 1.55. The normalized spacial score (nSPS) is 17.0.